The second-order valence-electron chi connectivity index (χ2n) is 1.81. The van der Waals surface area contributed by atoms with Gasteiger partial charge in [-0.3, -0.25) is 0 Å². The number of rotatable bonds is 4. The minimum Gasteiger partial charge on any atom is -0.320 e. The molecule has 0 saturated carbocycles. The largest absolute Gasteiger partial charge is 0.320 e. The fourth-order valence-corrected chi connectivity index (χ4v) is 0.552. The molecule has 0 aliphatic rings. The van der Waals surface area contributed by atoms with E-state index in [1.165, 1.54) is 25.8 Å². The lowest BCUT2D eigenvalue weighted by Gasteiger charge is -1.93. The molecule has 2 heteroatoms. The quantitative estimate of drug-likeness (QED) is 0.537. The van der Waals surface area contributed by atoms with Gasteiger partial charge < -0.3 is 5.32 Å². The van der Waals surface area contributed by atoms with Crippen LogP contribution in [0.4, 0.5) is 0 Å². The third kappa shape index (κ3) is 17.8. The monoisotopic (exact) mass is 195 g/mol. The minimum absolute atomic E-state index is 1.17. The van der Waals surface area contributed by atoms with Crippen LogP contribution in [0.1, 0.15) is 26.2 Å². The lowest BCUT2D eigenvalue weighted by molar-refractivity contribution is 0.667. The summed E-state index contributed by atoms with van der Waals surface area (Å²) in [6.45, 7) is 3.39. The van der Waals surface area contributed by atoms with Crippen molar-refractivity contribution in [3.8, 4) is 0 Å². The molecule has 0 aliphatic heterocycles. The fraction of sp³-hybridized carbons (Fsp3) is 1.00. The summed E-state index contributed by atoms with van der Waals surface area (Å²) in [5, 5.41) is 3.10. The lowest BCUT2D eigenvalue weighted by Crippen LogP contribution is -2.06. The van der Waals surface area contributed by atoms with Crippen LogP contribution in [0, 0.1) is 0 Å². The molecule has 0 amide bonds. The number of hydrogen-bond acceptors (Lipinski definition) is 1. The predicted molar refractivity (Wildman–Crippen MR) is 48.3 cm³/mol. The molecule has 0 aliphatic carbocycles. The maximum absolute atomic E-state index is 3.10. The highest BCUT2D eigenvalue weighted by molar-refractivity contribution is 9.08. The third-order valence-electron chi connectivity index (χ3n) is 1.03. The van der Waals surface area contributed by atoms with Crippen molar-refractivity contribution >= 4 is 15.9 Å². The van der Waals surface area contributed by atoms with Gasteiger partial charge in [-0.25, -0.2) is 0 Å². The topological polar surface area (TPSA) is 12.0 Å². The first-order valence-electron chi connectivity index (χ1n) is 3.44. The first kappa shape index (κ1) is 12.1. The molecule has 0 unspecified atom stereocenters. The zero-order valence-electron chi connectivity index (χ0n) is 6.71. The standard InChI is InChI=1S/C6H15N.CH3Br/c1-3-4-5-6-7-2;1-2/h7H,3-6H2,1-2H3;1H3. The van der Waals surface area contributed by atoms with Gasteiger partial charge in [0.05, 0.1) is 0 Å². The number of halogens is 1. The molecular weight excluding hydrogens is 178 g/mol. The molecule has 0 heterocycles. The summed E-state index contributed by atoms with van der Waals surface area (Å²) in [5.41, 5.74) is 0. The van der Waals surface area contributed by atoms with Crippen LogP contribution in [-0.4, -0.2) is 19.4 Å². The summed E-state index contributed by atoms with van der Waals surface area (Å²) in [6, 6.07) is 0. The van der Waals surface area contributed by atoms with Crippen molar-refractivity contribution in [2.24, 2.45) is 0 Å². The Kier molecular flexibility index (Phi) is 21.3. The van der Waals surface area contributed by atoms with Crippen molar-refractivity contribution in [1.82, 2.24) is 5.32 Å². The van der Waals surface area contributed by atoms with E-state index in [4.69, 9.17) is 0 Å². The molecule has 0 radical (unpaired) electrons. The first-order chi connectivity index (χ1) is 4.41. The van der Waals surface area contributed by atoms with E-state index in [0.717, 1.165) is 0 Å². The molecule has 0 saturated heterocycles. The van der Waals surface area contributed by atoms with Gasteiger partial charge in [-0.1, -0.05) is 35.7 Å². The van der Waals surface area contributed by atoms with E-state index in [9.17, 15) is 0 Å². The van der Waals surface area contributed by atoms with Gasteiger partial charge in [-0.15, -0.1) is 0 Å². The van der Waals surface area contributed by atoms with Gasteiger partial charge in [0.1, 0.15) is 0 Å². The van der Waals surface area contributed by atoms with E-state index in [1.807, 2.05) is 12.9 Å². The van der Waals surface area contributed by atoms with Crippen molar-refractivity contribution in [1.29, 1.82) is 0 Å². The van der Waals surface area contributed by atoms with E-state index in [-0.39, 0.29) is 0 Å². The van der Waals surface area contributed by atoms with Crippen molar-refractivity contribution in [3.05, 3.63) is 0 Å². The first-order valence-corrected chi connectivity index (χ1v) is 5.02. The number of hydrogen-bond donors (Lipinski definition) is 1. The van der Waals surface area contributed by atoms with Crippen molar-refractivity contribution in [3.63, 3.8) is 0 Å². The molecule has 1 N–H and O–H groups in total. The smallest absolute Gasteiger partial charge is 0.00519 e. The van der Waals surface area contributed by atoms with Crippen molar-refractivity contribution in [2.75, 3.05) is 19.4 Å². The number of nitrogens with one attached hydrogen (secondary N) is 1. The molecule has 9 heavy (non-hydrogen) atoms. The van der Waals surface area contributed by atoms with E-state index >= 15 is 0 Å². The van der Waals surface area contributed by atoms with Crippen LogP contribution in [0.2, 0.25) is 0 Å². The Balaban J connectivity index is 0. The molecule has 0 rings (SSSR count). The summed E-state index contributed by atoms with van der Waals surface area (Å²) < 4.78 is 0. The van der Waals surface area contributed by atoms with Crippen LogP contribution < -0.4 is 5.32 Å². The average molecular weight is 196 g/mol. The van der Waals surface area contributed by atoms with Gasteiger partial charge >= 0.3 is 0 Å². The molecule has 0 aromatic rings. The Hall–Kier alpha value is 0.440. The summed E-state index contributed by atoms with van der Waals surface area (Å²) in [5.74, 6) is 1.81. The summed E-state index contributed by atoms with van der Waals surface area (Å²) in [4.78, 5) is 0. The normalized spacial score (nSPS) is 8.00. The molecule has 0 fully saturated rings. The molecule has 0 aromatic heterocycles. The Labute approximate surface area is 67.4 Å². The Morgan fingerprint density at radius 1 is 1.22 bits per heavy atom. The fourth-order valence-electron chi connectivity index (χ4n) is 0.552. The predicted octanol–water partition coefficient (Wildman–Crippen LogP) is 2.41. The van der Waals surface area contributed by atoms with E-state index in [0.29, 0.717) is 0 Å². The average Bonchev–Trinajstić information content (AvgIpc) is 1.94. The van der Waals surface area contributed by atoms with Crippen molar-refractivity contribution in [2.45, 2.75) is 26.2 Å². The lowest BCUT2D eigenvalue weighted by atomic mass is 10.2. The van der Waals surface area contributed by atoms with Gasteiger partial charge in [0, 0.05) is 0 Å². The second-order valence-corrected chi connectivity index (χ2v) is 1.81. The molecule has 0 bridgehead atoms. The van der Waals surface area contributed by atoms with Crippen LogP contribution in [0.15, 0.2) is 0 Å². The Morgan fingerprint density at radius 3 is 2.11 bits per heavy atom. The number of alkyl halides is 1. The SMILES string of the molecule is CBr.CCCCCNC. The molecule has 0 aromatic carbocycles. The second kappa shape index (κ2) is 15.8. The highest BCUT2D eigenvalue weighted by Gasteiger charge is 1.78. The molecule has 0 spiro atoms. The van der Waals surface area contributed by atoms with Gasteiger partial charge in [-0.2, -0.15) is 0 Å². The Bertz CT molecular complexity index is 28.1. The van der Waals surface area contributed by atoms with Crippen LogP contribution in [0.25, 0.3) is 0 Å². The van der Waals surface area contributed by atoms with E-state index < -0.39 is 0 Å². The van der Waals surface area contributed by atoms with E-state index in [1.54, 1.807) is 0 Å². The maximum atomic E-state index is 3.10. The highest BCUT2D eigenvalue weighted by atomic mass is 79.9. The number of unbranched alkanes of at least 4 members (excludes halogenated alkanes) is 2. The van der Waals surface area contributed by atoms with Gasteiger partial charge in [0.25, 0.3) is 0 Å². The maximum Gasteiger partial charge on any atom is -0.00519 e. The van der Waals surface area contributed by atoms with Crippen LogP contribution in [0.5, 0.6) is 0 Å². The van der Waals surface area contributed by atoms with Gasteiger partial charge in [0.2, 0.25) is 0 Å². The molecular formula is C7H18BrN. The summed E-state index contributed by atoms with van der Waals surface area (Å²) >= 11 is 2.94. The zero-order valence-corrected chi connectivity index (χ0v) is 8.29. The van der Waals surface area contributed by atoms with Gasteiger partial charge in [-0.05, 0) is 25.8 Å². The minimum atomic E-state index is 1.17. The van der Waals surface area contributed by atoms with Crippen LogP contribution >= 0.6 is 15.9 Å². The zero-order chi connectivity index (χ0) is 7.54. The van der Waals surface area contributed by atoms with Crippen LogP contribution in [-0.2, 0) is 0 Å². The summed E-state index contributed by atoms with van der Waals surface area (Å²) in [6.07, 6.45) is 4.01. The van der Waals surface area contributed by atoms with E-state index in [2.05, 4.69) is 28.2 Å². The molecule has 0 atom stereocenters. The third-order valence-corrected chi connectivity index (χ3v) is 1.03. The highest BCUT2D eigenvalue weighted by Crippen LogP contribution is 1.89. The Morgan fingerprint density at radius 2 is 1.78 bits per heavy atom. The van der Waals surface area contributed by atoms with Crippen molar-refractivity contribution < 1.29 is 0 Å². The summed E-state index contributed by atoms with van der Waals surface area (Å²) in [7, 11) is 2.00. The van der Waals surface area contributed by atoms with Crippen LogP contribution in [0.3, 0.4) is 0 Å². The van der Waals surface area contributed by atoms with Gasteiger partial charge in [0.15, 0.2) is 0 Å². The molecule has 1 nitrogen and oxygen atoms in total. The molecule has 58 valence electrons.